The second-order valence-corrected chi connectivity index (χ2v) is 18.9. The molecule has 3 heterocycles. The topological polar surface area (TPSA) is 156 Å². The first-order chi connectivity index (χ1) is 33.8. The summed E-state index contributed by atoms with van der Waals surface area (Å²) in [5.74, 6) is -0.0560. The first-order valence-electron chi connectivity index (χ1n) is 23.5. The zero-order chi connectivity index (χ0) is 49.3. The van der Waals surface area contributed by atoms with Crippen LogP contribution in [0, 0.1) is 11.8 Å². The maximum atomic E-state index is 15.8. The fourth-order valence-corrected chi connectivity index (χ4v) is 10.8. The summed E-state index contributed by atoms with van der Waals surface area (Å²) in [6.45, 7) is 6.59. The first-order valence-corrected chi connectivity index (χ1v) is 23.5. The third kappa shape index (κ3) is 8.86. The highest BCUT2D eigenvalue weighted by atomic mass is 16.5. The van der Waals surface area contributed by atoms with Gasteiger partial charge in [0.2, 0.25) is 5.91 Å². The lowest BCUT2D eigenvalue weighted by atomic mass is 9.63. The van der Waals surface area contributed by atoms with E-state index in [-0.39, 0.29) is 43.2 Å². The smallest absolute Gasteiger partial charge is 0.264 e. The molecule has 6 aromatic rings. The number of methoxy groups -OCH3 is 3. The molecule has 0 aromatic heterocycles. The van der Waals surface area contributed by atoms with Crippen molar-refractivity contribution in [2.75, 3.05) is 43.5 Å². The van der Waals surface area contributed by atoms with Crippen LogP contribution < -0.4 is 29.7 Å². The van der Waals surface area contributed by atoms with E-state index in [0.717, 1.165) is 22.3 Å². The molecular formula is C57H58N4O9. The summed E-state index contributed by atoms with van der Waals surface area (Å²) in [4.78, 5) is 61.0. The van der Waals surface area contributed by atoms with Crippen molar-refractivity contribution in [2.45, 2.75) is 69.9 Å². The molecule has 1 saturated heterocycles. The van der Waals surface area contributed by atoms with E-state index in [4.69, 9.17) is 18.9 Å². The Morgan fingerprint density at radius 2 is 1.27 bits per heavy atom. The van der Waals surface area contributed by atoms with Crippen LogP contribution in [0.3, 0.4) is 0 Å². The Morgan fingerprint density at radius 1 is 0.729 bits per heavy atom. The minimum absolute atomic E-state index is 0.0464. The van der Waals surface area contributed by atoms with Gasteiger partial charge in [0.15, 0.2) is 5.60 Å². The molecule has 3 N–H and O–H groups in total. The molecule has 6 aromatic carbocycles. The molecule has 0 saturated carbocycles. The monoisotopic (exact) mass is 942 g/mol. The predicted octanol–water partition coefficient (Wildman–Crippen LogP) is 8.92. The summed E-state index contributed by atoms with van der Waals surface area (Å²) < 4.78 is 23.4. The van der Waals surface area contributed by atoms with Gasteiger partial charge in [0.1, 0.15) is 17.2 Å². The lowest BCUT2D eigenvalue weighted by molar-refractivity contribution is -0.151. The van der Waals surface area contributed by atoms with Gasteiger partial charge in [-0.2, -0.15) is 0 Å². The van der Waals surface area contributed by atoms with Crippen molar-refractivity contribution in [1.82, 2.24) is 4.90 Å². The van der Waals surface area contributed by atoms with Gasteiger partial charge >= 0.3 is 0 Å². The van der Waals surface area contributed by atoms with Crippen molar-refractivity contribution < 1.29 is 43.2 Å². The lowest BCUT2D eigenvalue weighted by Gasteiger charge is -2.40. The normalized spacial score (nSPS) is 20.4. The third-order valence-electron chi connectivity index (χ3n) is 14.6. The Bertz CT molecular complexity index is 2900. The number of carbonyl (C=O) groups excluding carboxylic acids is 4. The summed E-state index contributed by atoms with van der Waals surface area (Å²) in [5, 5.41) is 16.6. The molecule has 5 atom stereocenters. The minimum atomic E-state index is -1.59. The molecule has 13 heteroatoms. The average molecular weight is 943 g/mol. The number of amides is 4. The number of aliphatic hydroxyl groups is 1. The third-order valence-corrected chi connectivity index (χ3v) is 14.6. The highest BCUT2D eigenvalue weighted by molar-refractivity contribution is 6.09. The van der Waals surface area contributed by atoms with Gasteiger partial charge in [-0.05, 0) is 125 Å². The van der Waals surface area contributed by atoms with E-state index >= 15 is 4.79 Å². The number of anilines is 3. The highest BCUT2D eigenvalue weighted by Gasteiger charge is 2.66. The maximum Gasteiger partial charge on any atom is 0.264 e. The number of benzene rings is 6. The van der Waals surface area contributed by atoms with E-state index in [9.17, 15) is 19.5 Å². The quantitative estimate of drug-likeness (QED) is 0.0971. The summed E-state index contributed by atoms with van der Waals surface area (Å²) in [6.07, 6.45) is -0.290. The molecule has 3 aliphatic heterocycles. The van der Waals surface area contributed by atoms with E-state index in [1.54, 1.807) is 97.9 Å². The molecule has 1 spiro atoms. The number of aliphatic hydroxyl groups excluding tert-OH is 1. The van der Waals surface area contributed by atoms with E-state index < -0.39 is 35.0 Å². The van der Waals surface area contributed by atoms with Gasteiger partial charge in [-0.1, -0.05) is 69.3 Å². The van der Waals surface area contributed by atoms with E-state index in [1.807, 2.05) is 79.7 Å². The minimum Gasteiger partial charge on any atom is -0.497 e. The summed E-state index contributed by atoms with van der Waals surface area (Å²) in [7, 11) is 4.75. The number of fused-ring (bicyclic) bond motifs is 3. The van der Waals surface area contributed by atoms with Crippen LogP contribution >= 0.6 is 0 Å². The number of nitrogens with zero attached hydrogens (tertiary/aromatic N) is 2. The molecular weight excluding hydrogens is 885 g/mol. The van der Waals surface area contributed by atoms with Gasteiger partial charge < -0.3 is 44.5 Å². The number of carbonyl (C=O) groups is 4. The average Bonchev–Trinajstić information content (AvgIpc) is 3.81. The SMILES string of the molecule is COc1ccc(C(=O)Nc2ccc(CN3C(=O)[C@@]4(O[C@@H](CC(=O)N5Cc6ccccc6C[C@H]5CO)[C@H](C(C)(C)c5ccc(OC)cc5)[C@H]4C)c4cc(NC(=O)c5ccc(OC)cc5)ccc43)cc2)cc1. The second kappa shape index (κ2) is 19.5. The van der Waals surface area contributed by atoms with Crippen molar-refractivity contribution in [2.24, 2.45) is 11.8 Å². The highest BCUT2D eigenvalue weighted by Crippen LogP contribution is 2.60. The van der Waals surface area contributed by atoms with Crippen LogP contribution in [0.25, 0.3) is 0 Å². The van der Waals surface area contributed by atoms with Gasteiger partial charge in [-0.15, -0.1) is 0 Å². The second-order valence-electron chi connectivity index (χ2n) is 18.9. The Kier molecular flexibility index (Phi) is 13.2. The standard InChI is InChI=1S/C57H58N4O9/c1-35-52(56(2,3)41-17-26-47(69-6)27-18-41)50(31-51(63)60-33-40-10-8-7-9-39(40)29-44(60)34-62)70-57(35)48-30-43(59-54(65)38-15-24-46(68-5)25-16-38)21-28-49(48)61(55(57)66)32-36-11-19-42(20-12-36)58-53(64)37-13-22-45(67-4)23-14-37/h7-28,30,35,44,50,52,62H,29,31-34H2,1-6H3,(H,58,64)(H,59,65)/t35-,44+,50+,52-,57+/m1/s1. The van der Waals surface area contributed by atoms with Crippen molar-refractivity contribution in [3.8, 4) is 17.2 Å². The van der Waals surface area contributed by atoms with Crippen molar-refractivity contribution in [3.63, 3.8) is 0 Å². The number of hydrogen-bond donors (Lipinski definition) is 3. The molecule has 1 fully saturated rings. The predicted molar refractivity (Wildman–Crippen MR) is 267 cm³/mol. The number of ether oxygens (including phenoxy) is 4. The number of rotatable bonds is 14. The van der Waals surface area contributed by atoms with Crippen molar-refractivity contribution in [1.29, 1.82) is 0 Å². The fraction of sp³-hybridized carbons (Fsp3) is 0.298. The molecule has 70 heavy (non-hydrogen) atoms. The van der Waals surface area contributed by atoms with Gasteiger partial charge in [0, 0.05) is 46.4 Å². The number of nitrogens with one attached hydrogen (secondary N) is 2. The molecule has 9 rings (SSSR count). The molecule has 0 aliphatic carbocycles. The maximum absolute atomic E-state index is 15.8. The van der Waals surface area contributed by atoms with Gasteiger partial charge in [0.25, 0.3) is 17.7 Å². The first kappa shape index (κ1) is 47.6. The van der Waals surface area contributed by atoms with Crippen LogP contribution in [0.1, 0.15) is 75.7 Å². The van der Waals surface area contributed by atoms with Crippen LogP contribution in [-0.4, -0.2) is 73.7 Å². The molecule has 0 radical (unpaired) electrons. The van der Waals surface area contributed by atoms with Crippen LogP contribution in [-0.2, 0) is 44.9 Å². The van der Waals surface area contributed by atoms with E-state index in [1.165, 1.54) is 0 Å². The van der Waals surface area contributed by atoms with E-state index in [2.05, 4.69) is 24.5 Å². The summed E-state index contributed by atoms with van der Waals surface area (Å²) in [6, 6.07) is 41.8. The Hall–Kier alpha value is -7.48. The summed E-state index contributed by atoms with van der Waals surface area (Å²) >= 11 is 0. The van der Waals surface area contributed by atoms with E-state index in [0.29, 0.717) is 64.0 Å². The Labute approximate surface area is 408 Å². The zero-order valence-electron chi connectivity index (χ0n) is 40.2. The lowest BCUT2D eigenvalue weighted by Crippen LogP contribution is -2.48. The number of hydrogen-bond acceptors (Lipinski definition) is 9. The molecule has 4 amide bonds. The van der Waals surface area contributed by atoms with Gasteiger partial charge in [0.05, 0.1) is 58.7 Å². The van der Waals surface area contributed by atoms with Crippen LogP contribution in [0.5, 0.6) is 17.2 Å². The molecule has 0 bridgehead atoms. The van der Waals surface area contributed by atoms with Crippen molar-refractivity contribution >= 4 is 40.7 Å². The fourth-order valence-electron chi connectivity index (χ4n) is 10.8. The van der Waals surface area contributed by atoms with Crippen molar-refractivity contribution in [3.05, 3.63) is 178 Å². The van der Waals surface area contributed by atoms with Gasteiger partial charge in [-0.25, -0.2) is 0 Å². The molecule has 13 nitrogen and oxygen atoms in total. The molecule has 3 aliphatic rings. The summed E-state index contributed by atoms with van der Waals surface area (Å²) in [5.41, 5.74) is 4.77. The Morgan fingerprint density at radius 3 is 1.84 bits per heavy atom. The van der Waals surface area contributed by atoms with Crippen LogP contribution in [0.2, 0.25) is 0 Å². The Balaban J connectivity index is 1.09. The van der Waals surface area contributed by atoms with Gasteiger partial charge in [-0.3, -0.25) is 19.2 Å². The molecule has 360 valence electrons. The van der Waals surface area contributed by atoms with Crippen LogP contribution in [0.15, 0.2) is 140 Å². The zero-order valence-corrected chi connectivity index (χ0v) is 40.2. The molecule has 0 unspecified atom stereocenters. The van der Waals surface area contributed by atoms with Crippen LogP contribution in [0.4, 0.5) is 17.1 Å². The largest absolute Gasteiger partial charge is 0.497 e.